The van der Waals surface area contributed by atoms with Crippen molar-refractivity contribution in [3.63, 3.8) is 0 Å². The number of rotatable bonds is 37. The predicted octanol–water partition coefficient (Wildman–Crippen LogP) is 11.3. The molecule has 1 saturated heterocycles. The monoisotopic (exact) mass is 922 g/mol. The number of carbonyl (C=O) groups excluding carboxylic acids is 3. The van der Waals surface area contributed by atoms with Gasteiger partial charge in [0.2, 0.25) is 11.8 Å². The van der Waals surface area contributed by atoms with E-state index in [2.05, 4.69) is 13.8 Å². The van der Waals surface area contributed by atoms with Gasteiger partial charge in [0, 0.05) is 13.0 Å². The van der Waals surface area contributed by atoms with E-state index in [0.717, 1.165) is 49.0 Å². The molecule has 3 rings (SSSR count). The summed E-state index contributed by atoms with van der Waals surface area (Å²) in [6.07, 6.45) is 24.8. The Morgan fingerprint density at radius 3 is 1.48 bits per heavy atom. The van der Waals surface area contributed by atoms with Gasteiger partial charge in [-0.05, 0) is 30.4 Å². The lowest BCUT2D eigenvalue weighted by Gasteiger charge is -2.49. The second-order valence-electron chi connectivity index (χ2n) is 18.9. The third kappa shape index (κ3) is 22.2. The first-order valence-corrected chi connectivity index (χ1v) is 26.5. The van der Waals surface area contributed by atoms with Gasteiger partial charge >= 0.3 is 6.09 Å². The van der Waals surface area contributed by atoms with Crippen LogP contribution in [0.25, 0.3) is 0 Å². The van der Waals surface area contributed by atoms with Crippen LogP contribution in [0.5, 0.6) is 0 Å². The maximum absolute atomic E-state index is 14.5. The molecule has 66 heavy (non-hydrogen) atoms. The van der Waals surface area contributed by atoms with E-state index in [-0.39, 0.29) is 31.9 Å². The first kappa shape index (κ1) is 57.0. The number of ether oxygens (including phenoxy) is 2. The summed E-state index contributed by atoms with van der Waals surface area (Å²) < 4.78 is 12.1. The number of aliphatic hydroxyl groups excluding tert-OH is 3. The van der Waals surface area contributed by atoms with Crippen molar-refractivity contribution in [2.75, 3.05) is 13.2 Å². The van der Waals surface area contributed by atoms with Crippen molar-refractivity contribution < 1.29 is 39.2 Å². The number of aliphatic hydroxyl groups is 3. The Morgan fingerprint density at radius 1 is 0.606 bits per heavy atom. The summed E-state index contributed by atoms with van der Waals surface area (Å²) in [5.41, 5.74) is 8.01. The number of carbonyl (C=O) groups is 3. The minimum absolute atomic E-state index is 0.0823. The zero-order valence-electron chi connectivity index (χ0n) is 41.2. The normalized spacial score (nSPS) is 18.8. The highest BCUT2D eigenvalue weighted by Crippen LogP contribution is 2.31. The minimum atomic E-state index is -1.79. The average Bonchev–Trinajstić information content (AvgIpc) is 3.33. The Balaban J connectivity index is 1.75. The zero-order chi connectivity index (χ0) is 47.6. The molecule has 1 fully saturated rings. The predicted molar refractivity (Wildman–Crippen MR) is 265 cm³/mol. The number of unbranched alkanes of at least 4 members (excludes halogenated alkanes) is 25. The molecule has 0 unspecified atom stereocenters. The summed E-state index contributed by atoms with van der Waals surface area (Å²) >= 11 is 0. The van der Waals surface area contributed by atoms with E-state index in [0.29, 0.717) is 18.4 Å². The van der Waals surface area contributed by atoms with Crippen LogP contribution in [-0.2, 0) is 32.1 Å². The number of nitrogens with two attached hydrogens (primary N) is 1. The summed E-state index contributed by atoms with van der Waals surface area (Å²) in [5, 5.41) is 33.6. The Bertz CT molecular complexity index is 1530. The Hall–Kier alpha value is -3.35. The fourth-order valence-corrected chi connectivity index (χ4v) is 9.21. The molecule has 0 spiro atoms. The summed E-state index contributed by atoms with van der Waals surface area (Å²) in [7, 11) is 0. The number of imide groups is 1. The van der Waals surface area contributed by atoms with E-state index in [1.807, 2.05) is 36.4 Å². The van der Waals surface area contributed by atoms with E-state index < -0.39 is 55.2 Å². The number of benzene rings is 2. The van der Waals surface area contributed by atoms with Crippen LogP contribution < -0.4 is 5.73 Å². The van der Waals surface area contributed by atoms with Gasteiger partial charge in [0.05, 0.1) is 12.6 Å². The highest BCUT2D eigenvalue weighted by Gasteiger charge is 2.53. The molecule has 11 nitrogen and oxygen atoms in total. The molecule has 374 valence electrons. The molecule has 0 saturated carbocycles. The van der Waals surface area contributed by atoms with Crippen LogP contribution in [0.4, 0.5) is 4.79 Å². The lowest BCUT2D eigenvalue weighted by atomic mass is 9.92. The number of amides is 3. The van der Waals surface area contributed by atoms with Gasteiger partial charge in [-0.1, -0.05) is 235 Å². The van der Waals surface area contributed by atoms with Gasteiger partial charge in [-0.15, -0.1) is 0 Å². The SMILES string of the molecule is CCCCCCCCCCCCCCCCCCN(C(=O)CCCCCCCCCCCCC)[C@@H]1O[C@H](CO)[C@@H](O)[C@H](O)[C@H]1N(C(=O)OCc1ccccc1)C(=O)[C@@H](N)Cc1ccccc1. The Labute approximate surface area is 399 Å². The summed E-state index contributed by atoms with van der Waals surface area (Å²) in [6, 6.07) is 15.4. The summed E-state index contributed by atoms with van der Waals surface area (Å²) in [6.45, 7) is 3.91. The second-order valence-corrected chi connectivity index (χ2v) is 18.9. The van der Waals surface area contributed by atoms with Crippen LogP contribution in [0.15, 0.2) is 60.7 Å². The smallest absolute Gasteiger partial charge is 0.417 e. The van der Waals surface area contributed by atoms with Crippen LogP contribution in [0.1, 0.15) is 205 Å². The third-order valence-corrected chi connectivity index (χ3v) is 13.3. The van der Waals surface area contributed by atoms with Crippen LogP contribution in [-0.4, -0.2) is 92.8 Å². The molecule has 0 bridgehead atoms. The van der Waals surface area contributed by atoms with E-state index in [1.165, 1.54) is 127 Å². The lowest BCUT2D eigenvalue weighted by Crippen LogP contribution is -2.71. The van der Waals surface area contributed by atoms with Gasteiger partial charge in [0.1, 0.15) is 31.0 Å². The van der Waals surface area contributed by atoms with Gasteiger partial charge in [-0.2, -0.15) is 0 Å². The summed E-state index contributed by atoms with van der Waals surface area (Å²) in [5.74, 6) is -1.08. The first-order valence-electron chi connectivity index (χ1n) is 26.5. The third-order valence-electron chi connectivity index (χ3n) is 13.3. The molecule has 11 heteroatoms. The number of hydrogen-bond acceptors (Lipinski definition) is 9. The molecule has 0 aromatic heterocycles. The molecule has 0 aliphatic carbocycles. The highest BCUT2D eigenvalue weighted by molar-refractivity contribution is 5.95. The van der Waals surface area contributed by atoms with Crippen molar-refractivity contribution in [1.29, 1.82) is 0 Å². The maximum atomic E-state index is 14.5. The molecule has 5 N–H and O–H groups in total. The largest absolute Gasteiger partial charge is 0.444 e. The van der Waals surface area contributed by atoms with E-state index in [1.54, 1.807) is 24.3 Å². The molecule has 3 amide bonds. The number of hydrogen-bond donors (Lipinski definition) is 4. The highest BCUT2D eigenvalue weighted by atomic mass is 16.6. The second kappa shape index (κ2) is 35.7. The number of nitrogens with zero attached hydrogens (tertiary/aromatic N) is 2. The van der Waals surface area contributed by atoms with Gasteiger partial charge in [-0.3, -0.25) is 9.59 Å². The van der Waals surface area contributed by atoms with E-state index in [4.69, 9.17) is 15.2 Å². The molecule has 2 aromatic carbocycles. The Kier molecular flexibility index (Phi) is 30.9. The molecule has 1 aliphatic heterocycles. The fourth-order valence-electron chi connectivity index (χ4n) is 9.21. The first-order chi connectivity index (χ1) is 32.2. The average molecular weight is 922 g/mol. The van der Waals surface area contributed by atoms with Crippen LogP contribution in [0.3, 0.4) is 0 Å². The van der Waals surface area contributed by atoms with Gasteiger partial charge in [0.25, 0.3) is 0 Å². The fraction of sp³-hybridized carbons (Fsp3) is 0.727. The molecule has 1 heterocycles. The Morgan fingerprint density at radius 2 is 1.03 bits per heavy atom. The molecule has 0 radical (unpaired) electrons. The van der Waals surface area contributed by atoms with Crippen molar-refractivity contribution in [3.05, 3.63) is 71.8 Å². The van der Waals surface area contributed by atoms with Crippen LogP contribution in [0.2, 0.25) is 0 Å². The zero-order valence-corrected chi connectivity index (χ0v) is 41.2. The molecule has 6 atom stereocenters. The van der Waals surface area contributed by atoms with Crippen molar-refractivity contribution in [1.82, 2.24) is 9.80 Å². The quantitative estimate of drug-likeness (QED) is 0.0483. The minimum Gasteiger partial charge on any atom is -0.444 e. The van der Waals surface area contributed by atoms with Crippen molar-refractivity contribution in [2.24, 2.45) is 5.73 Å². The van der Waals surface area contributed by atoms with E-state index >= 15 is 0 Å². The van der Waals surface area contributed by atoms with Crippen molar-refractivity contribution in [3.8, 4) is 0 Å². The molecule has 2 aromatic rings. The molecular weight excluding hydrogens is 831 g/mol. The van der Waals surface area contributed by atoms with Crippen LogP contribution >= 0.6 is 0 Å². The molecule has 1 aliphatic rings. The van der Waals surface area contributed by atoms with Crippen molar-refractivity contribution in [2.45, 2.75) is 243 Å². The van der Waals surface area contributed by atoms with Gasteiger partial charge < -0.3 is 35.4 Å². The van der Waals surface area contributed by atoms with Gasteiger partial charge in [0.15, 0.2) is 6.23 Å². The standard InChI is InChI=1S/C55H91N3O8/c1-3-5-7-9-11-13-15-16-17-18-19-21-23-25-27-35-41-57(49(60)40-34-26-24-22-20-14-12-10-8-6-4-2)54-50(52(62)51(61)48(43-59)66-54)58(55(64)65-44-46-38-32-29-33-39-46)53(63)47(56)42-45-36-30-28-31-37-45/h28-33,36-39,47-48,50-52,54,59,61-62H,3-27,34-35,40-44,56H2,1-2H3/t47-,48+,50+,51+,52+,54+/m0/s1. The van der Waals surface area contributed by atoms with E-state index in [9.17, 15) is 29.7 Å². The maximum Gasteiger partial charge on any atom is 0.417 e. The van der Waals surface area contributed by atoms with Crippen LogP contribution in [0, 0.1) is 0 Å². The van der Waals surface area contributed by atoms with Gasteiger partial charge in [-0.25, -0.2) is 9.69 Å². The lowest BCUT2D eigenvalue weighted by molar-refractivity contribution is -0.245. The molecular formula is C55H91N3O8. The topological polar surface area (TPSA) is 163 Å². The summed E-state index contributed by atoms with van der Waals surface area (Å²) in [4.78, 5) is 45.6. The van der Waals surface area contributed by atoms with Crippen molar-refractivity contribution >= 4 is 17.9 Å².